The summed E-state index contributed by atoms with van der Waals surface area (Å²) in [5.41, 5.74) is 0.121. The number of carbonyl (C=O) groups excluding carboxylic acids is 1. The summed E-state index contributed by atoms with van der Waals surface area (Å²) in [6.07, 6.45) is -0.204. The molecule has 1 aromatic carbocycles. The number of thiol groups is 1. The van der Waals surface area contributed by atoms with E-state index < -0.39 is 12.6 Å². The van der Waals surface area contributed by atoms with Crippen LogP contribution in [0.4, 0.5) is 8.78 Å². The maximum absolute atomic E-state index is 12.2. The summed E-state index contributed by atoms with van der Waals surface area (Å²) in [6.45, 7) is -1.22. The van der Waals surface area contributed by atoms with Crippen LogP contribution in [0.2, 0.25) is 0 Å². The van der Waals surface area contributed by atoms with E-state index in [1.165, 1.54) is 12.1 Å². The van der Waals surface area contributed by atoms with Gasteiger partial charge in [-0.3, -0.25) is 4.79 Å². The van der Waals surface area contributed by atoms with Gasteiger partial charge >= 0.3 is 12.6 Å². The zero-order valence-electron chi connectivity index (χ0n) is 10.0. The molecule has 1 aromatic rings. The molecule has 0 atom stereocenters. The lowest BCUT2D eigenvalue weighted by molar-refractivity contribution is -0.142. The van der Waals surface area contributed by atoms with Crippen molar-refractivity contribution in [2.24, 2.45) is 0 Å². The van der Waals surface area contributed by atoms with Gasteiger partial charge in [-0.1, -0.05) is 0 Å². The molecule has 0 saturated carbocycles. The van der Waals surface area contributed by atoms with Gasteiger partial charge < -0.3 is 9.47 Å². The quantitative estimate of drug-likeness (QED) is 0.668. The minimum Gasteiger partial charge on any atom is -0.466 e. The number of nitriles is 1. The van der Waals surface area contributed by atoms with Crippen LogP contribution in [-0.4, -0.2) is 19.2 Å². The van der Waals surface area contributed by atoms with E-state index in [2.05, 4.69) is 17.4 Å². The average molecular weight is 287 g/mol. The van der Waals surface area contributed by atoms with Crippen molar-refractivity contribution in [1.82, 2.24) is 0 Å². The van der Waals surface area contributed by atoms with Crippen molar-refractivity contribution >= 4 is 18.6 Å². The van der Waals surface area contributed by atoms with E-state index in [9.17, 15) is 13.6 Å². The first-order chi connectivity index (χ1) is 8.97. The highest BCUT2D eigenvalue weighted by Gasteiger charge is 2.17. The maximum Gasteiger partial charge on any atom is 0.387 e. The van der Waals surface area contributed by atoms with Crippen LogP contribution in [0.1, 0.15) is 18.1 Å². The molecule has 0 aliphatic heterocycles. The molecule has 19 heavy (non-hydrogen) atoms. The van der Waals surface area contributed by atoms with E-state index in [-0.39, 0.29) is 29.9 Å². The van der Waals surface area contributed by atoms with E-state index in [0.717, 1.165) is 0 Å². The molecule has 0 radical (unpaired) electrons. The predicted molar refractivity (Wildman–Crippen MR) is 65.4 cm³/mol. The summed E-state index contributed by atoms with van der Waals surface area (Å²) in [7, 11) is 0. The van der Waals surface area contributed by atoms with Gasteiger partial charge in [0.15, 0.2) is 0 Å². The van der Waals surface area contributed by atoms with E-state index in [0.29, 0.717) is 4.90 Å². The third kappa shape index (κ3) is 4.41. The third-order valence-corrected chi connectivity index (χ3v) is 2.39. The molecule has 0 aromatic heterocycles. The fourth-order valence-electron chi connectivity index (χ4n) is 1.48. The van der Waals surface area contributed by atoms with Crippen molar-refractivity contribution in [2.45, 2.75) is 24.9 Å². The molecule has 0 aliphatic rings. The van der Waals surface area contributed by atoms with Gasteiger partial charge in [-0.2, -0.15) is 14.0 Å². The Morgan fingerprint density at radius 1 is 1.53 bits per heavy atom. The Bertz CT molecular complexity index is 514. The zero-order chi connectivity index (χ0) is 14.4. The molecule has 0 amide bonds. The van der Waals surface area contributed by atoms with Crippen LogP contribution >= 0.6 is 12.6 Å². The van der Waals surface area contributed by atoms with Gasteiger partial charge in [0, 0.05) is 4.90 Å². The number of benzene rings is 1. The molecular formula is C12H11F2NO3S. The highest BCUT2D eigenvalue weighted by molar-refractivity contribution is 7.80. The molecule has 0 unspecified atom stereocenters. The molecule has 4 nitrogen and oxygen atoms in total. The summed E-state index contributed by atoms with van der Waals surface area (Å²) in [5, 5.41) is 8.99. The van der Waals surface area contributed by atoms with Crippen LogP contribution in [0.3, 0.4) is 0 Å². The van der Waals surface area contributed by atoms with Gasteiger partial charge in [0.2, 0.25) is 0 Å². The minimum absolute atomic E-state index is 0.119. The van der Waals surface area contributed by atoms with Crippen molar-refractivity contribution in [2.75, 3.05) is 6.61 Å². The first kappa shape index (κ1) is 15.2. The van der Waals surface area contributed by atoms with Gasteiger partial charge in [0.1, 0.15) is 11.8 Å². The summed E-state index contributed by atoms with van der Waals surface area (Å²) >= 11 is 4.02. The Balaban J connectivity index is 3.13. The summed E-state index contributed by atoms with van der Waals surface area (Å²) in [6, 6.07) is 4.38. The van der Waals surface area contributed by atoms with Crippen LogP contribution in [0.25, 0.3) is 0 Å². The number of hydrogen-bond acceptors (Lipinski definition) is 5. The molecule has 0 aliphatic carbocycles. The van der Waals surface area contributed by atoms with Crippen LogP contribution in [0.5, 0.6) is 5.75 Å². The molecule has 0 saturated heterocycles. The second-order valence-corrected chi connectivity index (χ2v) is 3.97. The second-order valence-electron chi connectivity index (χ2n) is 3.45. The van der Waals surface area contributed by atoms with Crippen molar-refractivity contribution in [1.29, 1.82) is 5.26 Å². The van der Waals surface area contributed by atoms with E-state index >= 15 is 0 Å². The number of ether oxygens (including phenoxy) is 2. The van der Waals surface area contributed by atoms with Crippen LogP contribution in [-0.2, 0) is 16.0 Å². The van der Waals surface area contributed by atoms with E-state index in [1.54, 1.807) is 13.0 Å². The molecule has 7 heteroatoms. The molecule has 0 fully saturated rings. The lowest BCUT2D eigenvalue weighted by Crippen LogP contribution is -2.10. The summed E-state index contributed by atoms with van der Waals surface area (Å²) in [4.78, 5) is 11.7. The number of esters is 1. The van der Waals surface area contributed by atoms with Crippen LogP contribution in [0.15, 0.2) is 17.0 Å². The minimum atomic E-state index is -3.06. The highest BCUT2D eigenvalue weighted by Crippen LogP contribution is 2.28. The Morgan fingerprint density at radius 2 is 2.21 bits per heavy atom. The Hall–Kier alpha value is -1.81. The molecule has 0 spiro atoms. The molecule has 102 valence electrons. The van der Waals surface area contributed by atoms with Gasteiger partial charge in [-0.25, -0.2) is 0 Å². The fourth-order valence-corrected chi connectivity index (χ4v) is 1.75. The standard InChI is InChI=1S/C12H11F2NO3S/c1-2-17-11(16)4-7-3-8(19)5-10(9(7)6-15)18-12(13)14/h3,5,12,19H,2,4H2,1H3. The second kappa shape index (κ2) is 6.95. The topological polar surface area (TPSA) is 59.3 Å². The third-order valence-electron chi connectivity index (χ3n) is 2.14. The molecular weight excluding hydrogens is 276 g/mol. The summed E-state index contributed by atoms with van der Waals surface area (Å²) in [5.74, 6) is -0.856. The smallest absolute Gasteiger partial charge is 0.387 e. The van der Waals surface area contributed by atoms with E-state index in [4.69, 9.17) is 10.00 Å². The number of alkyl halides is 2. The first-order valence-corrected chi connectivity index (χ1v) is 5.79. The lowest BCUT2D eigenvalue weighted by atomic mass is 10.0. The van der Waals surface area contributed by atoms with Gasteiger partial charge in [-0.05, 0) is 24.6 Å². The molecule has 0 N–H and O–H groups in total. The van der Waals surface area contributed by atoms with Crippen molar-refractivity contribution in [3.63, 3.8) is 0 Å². The highest BCUT2D eigenvalue weighted by atomic mass is 32.1. The average Bonchev–Trinajstić information content (AvgIpc) is 2.27. The van der Waals surface area contributed by atoms with Gasteiger partial charge in [0.25, 0.3) is 0 Å². The van der Waals surface area contributed by atoms with Gasteiger partial charge in [-0.15, -0.1) is 12.6 Å². The predicted octanol–water partition coefficient (Wildman–Crippen LogP) is 2.55. The van der Waals surface area contributed by atoms with Crippen LogP contribution in [0, 0.1) is 11.3 Å². The number of carbonyl (C=O) groups is 1. The van der Waals surface area contributed by atoms with Crippen molar-refractivity contribution < 1.29 is 23.0 Å². The first-order valence-electron chi connectivity index (χ1n) is 5.34. The Kier molecular flexibility index (Phi) is 5.57. The lowest BCUT2D eigenvalue weighted by Gasteiger charge is -2.11. The monoisotopic (exact) mass is 287 g/mol. The maximum atomic E-state index is 12.2. The largest absolute Gasteiger partial charge is 0.466 e. The SMILES string of the molecule is CCOC(=O)Cc1cc(S)cc(OC(F)F)c1C#N. The fraction of sp³-hybridized carbons (Fsp3) is 0.333. The zero-order valence-corrected chi connectivity index (χ0v) is 10.9. The number of hydrogen-bond donors (Lipinski definition) is 1. The molecule has 1 rings (SSSR count). The van der Waals surface area contributed by atoms with Crippen molar-refractivity contribution in [3.8, 4) is 11.8 Å². The Labute approximate surface area is 114 Å². The van der Waals surface area contributed by atoms with Crippen LogP contribution < -0.4 is 4.74 Å². The van der Waals surface area contributed by atoms with Crippen molar-refractivity contribution in [3.05, 3.63) is 23.3 Å². The normalized spacial score (nSPS) is 10.1. The Morgan fingerprint density at radius 3 is 2.74 bits per heavy atom. The molecule has 0 bridgehead atoms. The number of halogens is 2. The number of nitrogens with zero attached hydrogens (tertiary/aromatic N) is 1. The number of rotatable bonds is 5. The molecule has 0 heterocycles. The van der Waals surface area contributed by atoms with Gasteiger partial charge in [0.05, 0.1) is 18.6 Å². The van der Waals surface area contributed by atoms with E-state index in [1.807, 2.05) is 0 Å². The summed E-state index contributed by atoms with van der Waals surface area (Å²) < 4.78 is 33.5.